The minimum absolute atomic E-state index is 0.0747. The number of hydrogen-bond acceptors (Lipinski definition) is 12. The summed E-state index contributed by atoms with van der Waals surface area (Å²) in [5, 5.41) is 10.9. The van der Waals surface area contributed by atoms with Gasteiger partial charge in [-0.05, 0) is 67.9 Å². The highest BCUT2D eigenvalue weighted by Crippen LogP contribution is 2.42. The highest BCUT2D eigenvalue weighted by atomic mass is 32.1. The lowest BCUT2D eigenvalue weighted by Crippen LogP contribution is -2.55. The molecule has 2 aliphatic rings. The summed E-state index contributed by atoms with van der Waals surface area (Å²) in [5.74, 6) is -2.26. The quantitative estimate of drug-likeness (QED) is 0.0784. The van der Waals surface area contributed by atoms with Crippen LogP contribution in [-0.4, -0.2) is 89.7 Å². The summed E-state index contributed by atoms with van der Waals surface area (Å²) >= 11 is 1.57. The molecule has 1 aliphatic carbocycles. The number of aryl methyl sites for hydroxylation is 1. The Morgan fingerprint density at radius 2 is 1.66 bits per heavy atom. The molecule has 4 atom stereocenters. The van der Waals surface area contributed by atoms with Gasteiger partial charge in [0.05, 0.1) is 34.8 Å². The van der Waals surface area contributed by atoms with Gasteiger partial charge in [-0.2, -0.15) is 0 Å². The molecule has 1 aliphatic heterocycles. The van der Waals surface area contributed by atoms with Crippen LogP contribution in [0.5, 0.6) is 0 Å². The maximum absolute atomic E-state index is 13.6. The Hall–Kier alpha value is -5.39. The molecule has 2 aromatic carbocycles. The number of carbonyl (C=O) groups excluding carboxylic acids is 6. The first-order valence-electron chi connectivity index (χ1n) is 19.8. The largest absolute Gasteiger partial charge is 0.465 e. The van der Waals surface area contributed by atoms with Crippen LogP contribution < -0.4 is 27.0 Å². The van der Waals surface area contributed by atoms with Crippen LogP contribution in [-0.2, 0) is 51.3 Å². The molecular formula is C42H55N7O9S. The minimum atomic E-state index is -1.25. The Bertz CT molecular complexity index is 1980. The van der Waals surface area contributed by atoms with Crippen LogP contribution >= 0.6 is 11.3 Å². The number of alkyl carbamates (subject to hydrolysis) is 1. The number of amides is 5. The van der Waals surface area contributed by atoms with Crippen LogP contribution in [0.3, 0.4) is 0 Å². The van der Waals surface area contributed by atoms with Gasteiger partial charge in [0.2, 0.25) is 23.6 Å². The fourth-order valence-corrected chi connectivity index (χ4v) is 7.51. The van der Waals surface area contributed by atoms with Gasteiger partial charge in [0, 0.05) is 25.2 Å². The van der Waals surface area contributed by atoms with Gasteiger partial charge in [0.25, 0.3) is 0 Å². The molecule has 6 N–H and O–H groups in total. The lowest BCUT2D eigenvalue weighted by molar-refractivity contribution is -0.167. The van der Waals surface area contributed by atoms with E-state index in [9.17, 15) is 28.8 Å². The summed E-state index contributed by atoms with van der Waals surface area (Å²) in [7, 11) is 0. The Balaban J connectivity index is 1.06. The third kappa shape index (κ3) is 11.2. The number of likely N-dealkylation sites (tertiary alicyclic amines) is 1. The number of thiazole rings is 1. The van der Waals surface area contributed by atoms with E-state index in [-0.39, 0.29) is 51.3 Å². The van der Waals surface area contributed by atoms with Crippen LogP contribution in [0.25, 0.3) is 10.4 Å². The number of nitrogens with zero attached hydrogens (tertiary/aromatic N) is 2. The average molecular weight is 834 g/mol. The normalized spacial score (nSPS) is 18.1. The highest BCUT2D eigenvalue weighted by Gasteiger charge is 2.52. The van der Waals surface area contributed by atoms with Crippen LogP contribution in [0, 0.1) is 17.8 Å². The van der Waals surface area contributed by atoms with Crippen molar-refractivity contribution in [2.24, 2.45) is 16.6 Å². The topological polar surface area (TPSA) is 220 Å². The molecule has 2 fully saturated rings. The van der Waals surface area contributed by atoms with Gasteiger partial charge in [-0.3, -0.25) is 29.3 Å². The molecule has 16 nitrogen and oxygen atoms in total. The third-order valence-electron chi connectivity index (χ3n) is 10.7. The lowest BCUT2D eigenvalue weighted by Gasteiger charge is -2.38. The number of nitrogens with two attached hydrogens (primary N) is 1. The number of benzene rings is 2. The van der Waals surface area contributed by atoms with E-state index in [2.05, 4.69) is 26.3 Å². The fourth-order valence-electron chi connectivity index (χ4n) is 6.70. The standard InChI is InChI=1S/C42H55N7O9S/c1-7-56-39(54)42(17-8-18-42)38(53)47-26(3)35(50)48-30-15-11-28(12-16-30)22-57-40(55)45-23-58-31-19-32(49(21-31)37(52)34(43)41(4,5)6)36(51)44-20-27-9-13-29(14-10-27)33-25(2)46-24-59-33/h9-16,24,26,31-32,34H,7-8,17-23,43H2,1-6H3,(H,44,51)(H,45,55)(H,47,53)(H,48,50)/t26-,31+,32-,34+/m0/s1. The van der Waals surface area contributed by atoms with E-state index in [1.54, 1.807) is 42.5 Å². The zero-order valence-corrected chi connectivity index (χ0v) is 35.2. The van der Waals surface area contributed by atoms with Gasteiger partial charge in [0.1, 0.15) is 30.8 Å². The van der Waals surface area contributed by atoms with Crippen LogP contribution in [0.4, 0.5) is 10.5 Å². The highest BCUT2D eigenvalue weighted by molar-refractivity contribution is 7.13. The molecule has 1 saturated heterocycles. The number of nitrogens with one attached hydrogen (secondary N) is 4. The van der Waals surface area contributed by atoms with Crippen molar-refractivity contribution < 1.29 is 43.0 Å². The van der Waals surface area contributed by atoms with Crippen molar-refractivity contribution in [1.29, 1.82) is 0 Å². The second-order valence-electron chi connectivity index (χ2n) is 16.0. The van der Waals surface area contributed by atoms with E-state index in [1.807, 2.05) is 57.5 Å². The number of esters is 1. The first-order valence-corrected chi connectivity index (χ1v) is 20.6. The molecule has 0 bridgehead atoms. The van der Waals surface area contributed by atoms with Crippen LogP contribution in [0.15, 0.2) is 54.0 Å². The Morgan fingerprint density at radius 1 is 0.983 bits per heavy atom. The predicted molar refractivity (Wildman–Crippen MR) is 220 cm³/mol. The number of carbonyl (C=O) groups is 6. The number of hydrogen-bond donors (Lipinski definition) is 5. The Morgan fingerprint density at radius 3 is 2.25 bits per heavy atom. The van der Waals surface area contributed by atoms with E-state index < -0.39 is 58.9 Å². The van der Waals surface area contributed by atoms with E-state index in [1.165, 1.54) is 11.8 Å². The molecule has 5 rings (SSSR count). The molecule has 318 valence electrons. The smallest absolute Gasteiger partial charge is 0.409 e. The molecule has 0 radical (unpaired) electrons. The second kappa shape index (κ2) is 19.6. The number of anilines is 1. The molecule has 0 unspecified atom stereocenters. The van der Waals surface area contributed by atoms with E-state index in [0.717, 1.165) is 28.1 Å². The van der Waals surface area contributed by atoms with Gasteiger partial charge >= 0.3 is 12.1 Å². The van der Waals surface area contributed by atoms with Crippen molar-refractivity contribution in [2.75, 3.05) is 25.2 Å². The van der Waals surface area contributed by atoms with Crippen molar-refractivity contribution in [1.82, 2.24) is 25.8 Å². The number of rotatable bonds is 16. The molecule has 3 aromatic rings. The van der Waals surface area contributed by atoms with Gasteiger partial charge < -0.3 is 40.8 Å². The first-order chi connectivity index (χ1) is 28.0. The van der Waals surface area contributed by atoms with Gasteiger partial charge in [-0.1, -0.05) is 63.6 Å². The van der Waals surface area contributed by atoms with E-state index in [0.29, 0.717) is 24.1 Å². The summed E-state index contributed by atoms with van der Waals surface area (Å²) in [4.78, 5) is 84.6. The van der Waals surface area contributed by atoms with E-state index >= 15 is 0 Å². The summed E-state index contributed by atoms with van der Waals surface area (Å²) < 4.78 is 16.3. The van der Waals surface area contributed by atoms with Gasteiger partial charge in [-0.15, -0.1) is 11.3 Å². The van der Waals surface area contributed by atoms with Crippen LogP contribution in [0.2, 0.25) is 0 Å². The summed E-state index contributed by atoms with van der Waals surface area (Å²) in [6, 6.07) is 11.9. The Labute approximate surface area is 348 Å². The molecule has 59 heavy (non-hydrogen) atoms. The lowest BCUT2D eigenvalue weighted by atomic mass is 9.68. The molecule has 2 heterocycles. The molecule has 1 aromatic heterocycles. The molecule has 5 amide bonds. The minimum Gasteiger partial charge on any atom is -0.465 e. The maximum atomic E-state index is 13.6. The molecule has 1 saturated carbocycles. The first kappa shape index (κ1) is 44.7. The van der Waals surface area contributed by atoms with Gasteiger partial charge in [0.15, 0.2) is 0 Å². The SMILES string of the molecule is CCOC(=O)C1(C(=O)N[C@@H](C)C(=O)Nc2ccc(COC(=O)NCO[C@@H]3C[C@@H](C(=O)NCc4ccc(-c5scnc5C)cc4)N(C(=O)[C@@H](N)C(C)(C)C)C3)cc2)CCC1. The van der Waals surface area contributed by atoms with Crippen molar-refractivity contribution in [2.45, 2.75) is 105 Å². The number of aromatic nitrogens is 1. The second-order valence-corrected chi connectivity index (χ2v) is 16.8. The Kier molecular flexibility index (Phi) is 14.8. The van der Waals surface area contributed by atoms with Crippen molar-refractivity contribution in [3.63, 3.8) is 0 Å². The summed E-state index contributed by atoms with van der Waals surface area (Å²) in [5.41, 5.74) is 10.4. The maximum Gasteiger partial charge on any atom is 0.409 e. The predicted octanol–water partition coefficient (Wildman–Crippen LogP) is 4.15. The van der Waals surface area contributed by atoms with Gasteiger partial charge in [-0.25, -0.2) is 9.78 Å². The summed E-state index contributed by atoms with van der Waals surface area (Å²) in [6.45, 7) is 11.0. The zero-order chi connectivity index (χ0) is 42.9. The fraction of sp³-hybridized carbons (Fsp3) is 0.500. The molecule has 0 spiro atoms. The van der Waals surface area contributed by atoms with Crippen molar-refractivity contribution >= 4 is 52.7 Å². The van der Waals surface area contributed by atoms with Crippen molar-refractivity contribution in [3.05, 3.63) is 70.9 Å². The van der Waals surface area contributed by atoms with E-state index in [4.69, 9.17) is 19.9 Å². The monoisotopic (exact) mass is 833 g/mol. The van der Waals surface area contributed by atoms with Crippen molar-refractivity contribution in [3.8, 4) is 10.4 Å². The van der Waals surface area contributed by atoms with Crippen LogP contribution in [0.1, 0.15) is 77.1 Å². The molecule has 17 heteroatoms. The molecular weight excluding hydrogens is 779 g/mol. The third-order valence-corrected chi connectivity index (χ3v) is 11.6. The number of ether oxygens (including phenoxy) is 3. The zero-order valence-electron chi connectivity index (χ0n) is 34.4. The summed E-state index contributed by atoms with van der Waals surface area (Å²) in [6.07, 6.45) is 0.386. The average Bonchev–Trinajstić information content (AvgIpc) is 3.82.